The molecule has 0 radical (unpaired) electrons. The minimum atomic E-state index is -0.274. The predicted octanol–water partition coefficient (Wildman–Crippen LogP) is 3.41. The molecule has 134 valence electrons. The number of rotatable bonds is 2. The minimum Gasteiger partial charge on any atom is -0.465 e. The van der Waals surface area contributed by atoms with Gasteiger partial charge in [-0.3, -0.25) is 4.79 Å². The lowest BCUT2D eigenvalue weighted by Crippen LogP contribution is -2.32. The molecule has 26 heavy (non-hydrogen) atoms. The summed E-state index contributed by atoms with van der Waals surface area (Å²) in [4.78, 5) is 26.9. The first-order valence-electron chi connectivity index (χ1n) is 9.06. The molecule has 1 spiro atoms. The summed E-state index contributed by atoms with van der Waals surface area (Å²) < 4.78 is 4.94. The normalized spacial score (nSPS) is 21.1. The second-order valence-electron chi connectivity index (χ2n) is 7.63. The molecule has 0 aromatic heterocycles. The van der Waals surface area contributed by atoms with E-state index < -0.39 is 0 Å². The van der Waals surface area contributed by atoms with Crippen molar-refractivity contribution in [3.8, 4) is 0 Å². The van der Waals surface area contributed by atoms with Crippen LogP contribution in [0.5, 0.6) is 0 Å². The zero-order valence-corrected chi connectivity index (χ0v) is 15.2. The highest BCUT2D eigenvalue weighted by atomic mass is 16.5. The van der Waals surface area contributed by atoms with Crippen molar-refractivity contribution in [1.82, 2.24) is 4.90 Å². The lowest BCUT2D eigenvalue weighted by Gasteiger charge is -2.24. The fourth-order valence-electron chi connectivity index (χ4n) is 4.43. The molecule has 0 saturated carbocycles. The van der Waals surface area contributed by atoms with Gasteiger partial charge < -0.3 is 9.64 Å². The van der Waals surface area contributed by atoms with Gasteiger partial charge in [0.25, 0.3) is 5.91 Å². The van der Waals surface area contributed by atoms with Gasteiger partial charge in [-0.1, -0.05) is 29.8 Å². The molecule has 1 unspecified atom stereocenters. The summed E-state index contributed by atoms with van der Waals surface area (Å²) >= 11 is 0. The summed E-state index contributed by atoms with van der Waals surface area (Å²) in [5, 5.41) is 0. The average molecular weight is 349 g/mol. The third-order valence-electron chi connectivity index (χ3n) is 5.82. The van der Waals surface area contributed by atoms with Gasteiger partial charge in [0.1, 0.15) is 0 Å². The molecule has 4 nitrogen and oxygen atoms in total. The molecule has 0 bridgehead atoms. The number of nitrogens with zero attached hydrogens (tertiary/aromatic N) is 1. The SMILES string of the molecule is COC(=O)c1cccc2c1CC1(CCN(C(=O)c3ccc(C)cc3)C1)C2. The maximum Gasteiger partial charge on any atom is 0.338 e. The fraction of sp³-hybridized carbons (Fsp3) is 0.364. The molecular formula is C22H23NO3. The third-order valence-corrected chi connectivity index (χ3v) is 5.82. The van der Waals surface area contributed by atoms with Gasteiger partial charge in [0.05, 0.1) is 12.7 Å². The summed E-state index contributed by atoms with van der Waals surface area (Å²) in [7, 11) is 1.42. The van der Waals surface area contributed by atoms with E-state index in [9.17, 15) is 9.59 Å². The minimum absolute atomic E-state index is 0.0484. The Kier molecular flexibility index (Phi) is 4.06. The first-order chi connectivity index (χ1) is 12.5. The molecule has 2 aliphatic rings. The van der Waals surface area contributed by atoms with Gasteiger partial charge in [-0.15, -0.1) is 0 Å². The van der Waals surface area contributed by atoms with Gasteiger partial charge in [0.15, 0.2) is 0 Å². The number of amides is 1. The van der Waals surface area contributed by atoms with E-state index in [2.05, 4.69) is 6.07 Å². The average Bonchev–Trinajstić information content (AvgIpc) is 3.23. The van der Waals surface area contributed by atoms with E-state index >= 15 is 0 Å². The first kappa shape index (κ1) is 16.8. The zero-order chi connectivity index (χ0) is 18.3. The Morgan fingerprint density at radius 1 is 1.08 bits per heavy atom. The number of aryl methyl sites for hydroxylation is 1. The van der Waals surface area contributed by atoms with Gasteiger partial charge >= 0.3 is 5.97 Å². The van der Waals surface area contributed by atoms with Crippen molar-refractivity contribution in [2.45, 2.75) is 26.2 Å². The summed E-state index contributed by atoms with van der Waals surface area (Å²) in [6.07, 6.45) is 2.73. The molecular weight excluding hydrogens is 326 g/mol. The summed E-state index contributed by atoms with van der Waals surface area (Å²) in [6, 6.07) is 13.6. The second kappa shape index (κ2) is 6.27. The van der Waals surface area contributed by atoms with Crippen LogP contribution >= 0.6 is 0 Å². The number of hydrogen-bond acceptors (Lipinski definition) is 3. The van der Waals surface area contributed by atoms with Crippen LogP contribution in [0, 0.1) is 12.3 Å². The van der Waals surface area contributed by atoms with Crippen LogP contribution in [0.25, 0.3) is 0 Å². The van der Waals surface area contributed by atoms with Crippen LogP contribution in [0.4, 0.5) is 0 Å². The van der Waals surface area contributed by atoms with Crippen LogP contribution < -0.4 is 0 Å². The highest BCUT2D eigenvalue weighted by molar-refractivity contribution is 5.94. The summed E-state index contributed by atoms with van der Waals surface area (Å²) in [5.41, 5.74) is 4.94. The van der Waals surface area contributed by atoms with Gasteiger partial charge in [-0.25, -0.2) is 4.79 Å². The maximum atomic E-state index is 12.8. The molecule has 1 amide bonds. The van der Waals surface area contributed by atoms with E-state index in [4.69, 9.17) is 4.74 Å². The van der Waals surface area contributed by atoms with E-state index in [1.807, 2.05) is 48.2 Å². The van der Waals surface area contributed by atoms with Crippen LogP contribution in [-0.2, 0) is 17.6 Å². The molecule has 4 rings (SSSR count). The molecule has 1 fully saturated rings. The lowest BCUT2D eigenvalue weighted by molar-refractivity contribution is 0.0598. The van der Waals surface area contributed by atoms with Gasteiger partial charge in [0.2, 0.25) is 0 Å². The van der Waals surface area contributed by atoms with Crippen LogP contribution in [0.1, 0.15) is 43.8 Å². The fourth-order valence-corrected chi connectivity index (χ4v) is 4.43. The van der Waals surface area contributed by atoms with Crippen LogP contribution in [-0.4, -0.2) is 37.0 Å². The smallest absolute Gasteiger partial charge is 0.338 e. The summed E-state index contributed by atoms with van der Waals surface area (Å²) in [6.45, 7) is 3.54. The van der Waals surface area contributed by atoms with Gasteiger partial charge in [0, 0.05) is 18.7 Å². The van der Waals surface area contributed by atoms with E-state index in [1.54, 1.807) is 0 Å². The Hall–Kier alpha value is -2.62. The van der Waals surface area contributed by atoms with Crippen molar-refractivity contribution < 1.29 is 14.3 Å². The molecule has 1 heterocycles. The van der Waals surface area contributed by atoms with Gasteiger partial charge in [-0.05, 0) is 60.9 Å². The Morgan fingerprint density at radius 3 is 2.58 bits per heavy atom. The number of hydrogen-bond donors (Lipinski definition) is 0. The van der Waals surface area contributed by atoms with Crippen LogP contribution in [0.3, 0.4) is 0 Å². The number of carbonyl (C=O) groups is 2. The van der Waals surface area contributed by atoms with Crippen LogP contribution in [0.2, 0.25) is 0 Å². The van der Waals surface area contributed by atoms with E-state index in [-0.39, 0.29) is 17.3 Å². The number of likely N-dealkylation sites (tertiary alicyclic amines) is 1. The Bertz CT molecular complexity index is 871. The van der Waals surface area contributed by atoms with Crippen molar-refractivity contribution >= 4 is 11.9 Å². The molecule has 0 N–H and O–H groups in total. The Balaban J connectivity index is 1.54. The monoisotopic (exact) mass is 349 g/mol. The largest absolute Gasteiger partial charge is 0.465 e. The second-order valence-corrected chi connectivity index (χ2v) is 7.63. The number of methoxy groups -OCH3 is 1. The Labute approximate surface area is 153 Å². The number of carbonyl (C=O) groups excluding carboxylic acids is 2. The third kappa shape index (κ3) is 2.79. The van der Waals surface area contributed by atoms with Crippen molar-refractivity contribution in [2.24, 2.45) is 5.41 Å². The van der Waals surface area contributed by atoms with E-state index in [0.717, 1.165) is 49.0 Å². The summed E-state index contributed by atoms with van der Waals surface area (Å²) in [5.74, 6) is -0.171. The predicted molar refractivity (Wildman–Crippen MR) is 99.3 cm³/mol. The molecule has 2 aromatic carbocycles. The number of esters is 1. The van der Waals surface area contributed by atoms with Crippen LogP contribution in [0.15, 0.2) is 42.5 Å². The quantitative estimate of drug-likeness (QED) is 0.781. The topological polar surface area (TPSA) is 46.6 Å². The van der Waals surface area contributed by atoms with Crippen molar-refractivity contribution in [3.63, 3.8) is 0 Å². The number of benzene rings is 2. The number of fused-ring (bicyclic) bond motifs is 1. The highest BCUT2D eigenvalue weighted by Gasteiger charge is 2.45. The standard InChI is InChI=1S/C22H23NO3/c1-15-6-8-16(9-7-15)20(24)23-11-10-22(14-23)12-17-4-3-5-18(19(17)13-22)21(25)26-2/h3-9H,10-14H2,1-2H3. The maximum absolute atomic E-state index is 12.8. The number of ether oxygens (including phenoxy) is 1. The Morgan fingerprint density at radius 2 is 1.85 bits per heavy atom. The molecule has 1 aliphatic carbocycles. The van der Waals surface area contributed by atoms with Crippen molar-refractivity contribution in [3.05, 3.63) is 70.3 Å². The molecule has 1 atom stereocenters. The van der Waals surface area contributed by atoms with E-state index in [0.29, 0.717) is 5.56 Å². The van der Waals surface area contributed by atoms with Gasteiger partial charge in [-0.2, -0.15) is 0 Å². The molecule has 1 saturated heterocycles. The zero-order valence-electron chi connectivity index (χ0n) is 15.2. The van der Waals surface area contributed by atoms with Crippen molar-refractivity contribution in [1.29, 1.82) is 0 Å². The molecule has 1 aliphatic heterocycles. The highest BCUT2D eigenvalue weighted by Crippen LogP contribution is 2.45. The van der Waals surface area contributed by atoms with Crippen molar-refractivity contribution in [2.75, 3.05) is 20.2 Å². The van der Waals surface area contributed by atoms with E-state index in [1.165, 1.54) is 12.7 Å². The lowest BCUT2D eigenvalue weighted by atomic mass is 9.84. The first-order valence-corrected chi connectivity index (χ1v) is 9.06. The molecule has 2 aromatic rings. The molecule has 4 heteroatoms.